The Morgan fingerprint density at radius 2 is 2.35 bits per heavy atom. The molecule has 23 heavy (non-hydrogen) atoms. The van der Waals surface area contributed by atoms with Gasteiger partial charge < -0.3 is 10.6 Å². The number of carbonyl (C=O) groups is 1. The van der Waals surface area contributed by atoms with Gasteiger partial charge in [-0.05, 0) is 23.6 Å². The predicted octanol–water partition coefficient (Wildman–Crippen LogP) is 2.68. The van der Waals surface area contributed by atoms with E-state index in [1.807, 2.05) is 11.4 Å². The molecule has 7 heteroatoms. The lowest BCUT2D eigenvalue weighted by atomic mass is 10.1. The number of aromatic nitrogens is 3. The Morgan fingerprint density at radius 3 is 3.22 bits per heavy atom. The van der Waals surface area contributed by atoms with E-state index in [2.05, 4.69) is 37.9 Å². The molecule has 0 radical (unpaired) electrons. The van der Waals surface area contributed by atoms with E-state index in [1.54, 1.807) is 12.4 Å². The number of amides is 1. The minimum absolute atomic E-state index is 0.0675. The Labute approximate surface area is 137 Å². The zero-order valence-electron chi connectivity index (χ0n) is 12.3. The SMILES string of the molecule is O=C(Cc1ccc2c(c1)NCC2)Nc1cn[nH]c1-c1nccs1. The van der Waals surface area contributed by atoms with Crippen molar-refractivity contribution < 1.29 is 4.79 Å². The number of carbonyl (C=O) groups excluding carboxylic acids is 1. The molecule has 0 atom stereocenters. The molecule has 116 valence electrons. The van der Waals surface area contributed by atoms with E-state index in [4.69, 9.17) is 0 Å². The summed E-state index contributed by atoms with van der Waals surface area (Å²) >= 11 is 1.50. The van der Waals surface area contributed by atoms with Gasteiger partial charge in [0.25, 0.3) is 0 Å². The van der Waals surface area contributed by atoms with Crippen LogP contribution in [0.3, 0.4) is 0 Å². The van der Waals surface area contributed by atoms with Gasteiger partial charge in [0, 0.05) is 23.8 Å². The average Bonchev–Trinajstić information content (AvgIpc) is 3.27. The number of nitrogens with one attached hydrogen (secondary N) is 3. The fraction of sp³-hybridized carbons (Fsp3) is 0.188. The van der Waals surface area contributed by atoms with Crippen LogP contribution in [0.2, 0.25) is 0 Å². The first-order valence-corrected chi connectivity index (χ1v) is 8.26. The third-order valence-electron chi connectivity index (χ3n) is 3.81. The summed E-state index contributed by atoms with van der Waals surface area (Å²) in [5, 5.41) is 15.8. The fourth-order valence-electron chi connectivity index (χ4n) is 2.72. The highest BCUT2D eigenvalue weighted by molar-refractivity contribution is 7.13. The van der Waals surface area contributed by atoms with Crippen LogP contribution in [0.4, 0.5) is 11.4 Å². The molecule has 0 bridgehead atoms. The van der Waals surface area contributed by atoms with Crippen LogP contribution in [0, 0.1) is 0 Å². The quantitative estimate of drug-likeness (QED) is 0.689. The third-order valence-corrected chi connectivity index (χ3v) is 4.60. The molecule has 0 unspecified atom stereocenters. The Bertz CT molecular complexity index is 840. The molecule has 0 saturated heterocycles. The van der Waals surface area contributed by atoms with E-state index in [0.717, 1.165) is 34.9 Å². The van der Waals surface area contributed by atoms with Crippen LogP contribution in [0.1, 0.15) is 11.1 Å². The van der Waals surface area contributed by atoms with E-state index < -0.39 is 0 Å². The smallest absolute Gasteiger partial charge is 0.228 e. The van der Waals surface area contributed by atoms with Gasteiger partial charge >= 0.3 is 0 Å². The van der Waals surface area contributed by atoms with Gasteiger partial charge in [-0.25, -0.2) is 4.98 Å². The van der Waals surface area contributed by atoms with Crippen molar-refractivity contribution in [3.63, 3.8) is 0 Å². The minimum atomic E-state index is -0.0675. The molecule has 4 rings (SSSR count). The largest absolute Gasteiger partial charge is 0.384 e. The molecule has 1 amide bonds. The number of thiazole rings is 1. The van der Waals surface area contributed by atoms with E-state index in [-0.39, 0.29) is 5.91 Å². The summed E-state index contributed by atoms with van der Waals surface area (Å²) in [7, 11) is 0. The number of hydrogen-bond acceptors (Lipinski definition) is 5. The molecule has 0 fully saturated rings. The third kappa shape index (κ3) is 2.83. The molecule has 1 aromatic carbocycles. The maximum Gasteiger partial charge on any atom is 0.228 e. The second-order valence-corrected chi connectivity index (χ2v) is 6.28. The molecule has 3 N–H and O–H groups in total. The number of H-pyrrole nitrogens is 1. The molecule has 3 aromatic rings. The summed E-state index contributed by atoms with van der Waals surface area (Å²) in [5.41, 5.74) is 4.85. The van der Waals surface area contributed by atoms with Crippen LogP contribution in [0.15, 0.2) is 36.0 Å². The molecule has 0 spiro atoms. The van der Waals surface area contributed by atoms with E-state index in [0.29, 0.717) is 12.1 Å². The summed E-state index contributed by atoms with van der Waals surface area (Å²) in [5.74, 6) is -0.0675. The fourth-order valence-corrected chi connectivity index (χ4v) is 3.36. The zero-order chi connectivity index (χ0) is 15.6. The van der Waals surface area contributed by atoms with Crippen molar-refractivity contribution in [2.24, 2.45) is 0 Å². The van der Waals surface area contributed by atoms with Gasteiger partial charge in [0.15, 0.2) is 0 Å². The Morgan fingerprint density at radius 1 is 1.39 bits per heavy atom. The first kappa shape index (κ1) is 14.0. The second kappa shape index (κ2) is 5.85. The number of rotatable bonds is 4. The number of aromatic amines is 1. The van der Waals surface area contributed by atoms with Crippen LogP contribution in [-0.2, 0) is 17.6 Å². The summed E-state index contributed by atoms with van der Waals surface area (Å²) in [4.78, 5) is 16.5. The van der Waals surface area contributed by atoms with Gasteiger partial charge in [-0.2, -0.15) is 5.10 Å². The van der Waals surface area contributed by atoms with Crippen LogP contribution in [-0.4, -0.2) is 27.6 Å². The maximum absolute atomic E-state index is 12.3. The molecule has 1 aliphatic heterocycles. The van der Waals surface area contributed by atoms with Gasteiger partial charge in [-0.15, -0.1) is 11.3 Å². The summed E-state index contributed by atoms with van der Waals surface area (Å²) < 4.78 is 0. The number of anilines is 2. The number of nitrogens with zero attached hydrogens (tertiary/aromatic N) is 2. The number of benzene rings is 1. The van der Waals surface area contributed by atoms with Gasteiger partial charge in [0.2, 0.25) is 5.91 Å². The number of hydrogen-bond donors (Lipinski definition) is 3. The van der Waals surface area contributed by atoms with Crippen molar-refractivity contribution in [3.8, 4) is 10.7 Å². The lowest BCUT2D eigenvalue weighted by Crippen LogP contribution is -2.14. The molecular weight excluding hydrogens is 310 g/mol. The van der Waals surface area contributed by atoms with Gasteiger partial charge in [-0.1, -0.05) is 12.1 Å². The molecular formula is C16H15N5OS. The first-order chi connectivity index (χ1) is 11.3. The summed E-state index contributed by atoms with van der Waals surface area (Å²) in [6, 6.07) is 6.17. The maximum atomic E-state index is 12.3. The standard InChI is InChI=1S/C16H15N5OS/c22-14(8-10-1-2-11-3-4-17-12(11)7-10)20-13-9-19-21-15(13)16-18-5-6-23-16/h1-2,5-7,9,17H,3-4,8H2,(H,19,21)(H,20,22). The average molecular weight is 325 g/mol. The predicted molar refractivity (Wildman–Crippen MR) is 90.7 cm³/mol. The molecule has 1 aliphatic rings. The topological polar surface area (TPSA) is 82.7 Å². The highest BCUT2D eigenvalue weighted by Gasteiger charge is 2.15. The van der Waals surface area contributed by atoms with Crippen molar-refractivity contribution in [1.29, 1.82) is 0 Å². The molecule has 3 heterocycles. The lowest BCUT2D eigenvalue weighted by molar-refractivity contribution is -0.115. The van der Waals surface area contributed by atoms with Gasteiger partial charge in [0.1, 0.15) is 10.7 Å². The Balaban J connectivity index is 1.48. The van der Waals surface area contributed by atoms with Crippen molar-refractivity contribution in [2.75, 3.05) is 17.2 Å². The number of fused-ring (bicyclic) bond motifs is 1. The van der Waals surface area contributed by atoms with Gasteiger partial charge in [-0.3, -0.25) is 9.89 Å². The minimum Gasteiger partial charge on any atom is -0.384 e. The highest BCUT2D eigenvalue weighted by atomic mass is 32.1. The normalized spacial score (nSPS) is 12.7. The van der Waals surface area contributed by atoms with Crippen LogP contribution < -0.4 is 10.6 Å². The van der Waals surface area contributed by atoms with Crippen LogP contribution >= 0.6 is 11.3 Å². The van der Waals surface area contributed by atoms with E-state index >= 15 is 0 Å². The van der Waals surface area contributed by atoms with Crippen molar-refractivity contribution in [1.82, 2.24) is 15.2 Å². The Hall–Kier alpha value is -2.67. The second-order valence-electron chi connectivity index (χ2n) is 5.39. The van der Waals surface area contributed by atoms with E-state index in [1.165, 1.54) is 16.9 Å². The van der Waals surface area contributed by atoms with Crippen molar-refractivity contribution in [2.45, 2.75) is 12.8 Å². The first-order valence-electron chi connectivity index (χ1n) is 7.38. The summed E-state index contributed by atoms with van der Waals surface area (Å²) in [6.07, 6.45) is 4.72. The highest BCUT2D eigenvalue weighted by Crippen LogP contribution is 2.27. The van der Waals surface area contributed by atoms with Crippen molar-refractivity contribution >= 4 is 28.6 Å². The zero-order valence-corrected chi connectivity index (χ0v) is 13.1. The molecule has 0 aliphatic carbocycles. The molecule has 0 saturated carbocycles. The van der Waals surface area contributed by atoms with Crippen molar-refractivity contribution in [3.05, 3.63) is 47.1 Å². The Kier molecular flexibility index (Phi) is 3.55. The van der Waals surface area contributed by atoms with Gasteiger partial charge in [0.05, 0.1) is 18.3 Å². The van der Waals surface area contributed by atoms with Crippen LogP contribution in [0.25, 0.3) is 10.7 Å². The molecule has 2 aromatic heterocycles. The monoisotopic (exact) mass is 325 g/mol. The molecule has 6 nitrogen and oxygen atoms in total. The van der Waals surface area contributed by atoms with E-state index in [9.17, 15) is 4.79 Å². The lowest BCUT2D eigenvalue weighted by Gasteiger charge is -2.07. The summed E-state index contributed by atoms with van der Waals surface area (Å²) in [6.45, 7) is 0.969. The van der Waals surface area contributed by atoms with Crippen LogP contribution in [0.5, 0.6) is 0 Å².